The topological polar surface area (TPSA) is 32.3 Å². The minimum Gasteiger partial charge on any atom is -0.382 e. The van der Waals surface area contributed by atoms with Crippen LogP contribution in [0.1, 0.15) is 45.1 Å². The van der Waals surface area contributed by atoms with E-state index in [4.69, 9.17) is 0 Å². The molecule has 1 amide bonds. The van der Waals surface area contributed by atoms with E-state index in [0.29, 0.717) is 12.6 Å². The van der Waals surface area contributed by atoms with Gasteiger partial charge in [-0.2, -0.15) is 0 Å². The van der Waals surface area contributed by atoms with Gasteiger partial charge in [0.05, 0.1) is 0 Å². The summed E-state index contributed by atoms with van der Waals surface area (Å²) in [6.07, 6.45) is 5.23. The third-order valence-electron chi connectivity index (χ3n) is 4.41. The van der Waals surface area contributed by atoms with E-state index < -0.39 is 0 Å². The van der Waals surface area contributed by atoms with Gasteiger partial charge in [-0.25, -0.2) is 0 Å². The molecule has 1 aliphatic carbocycles. The highest BCUT2D eigenvalue weighted by Crippen LogP contribution is 2.28. The zero-order valence-electron chi connectivity index (χ0n) is 12.9. The molecule has 0 radical (unpaired) electrons. The number of carbonyl (C=O) groups excluding carboxylic acids is 1. The lowest BCUT2D eigenvalue weighted by Crippen LogP contribution is -2.31. The summed E-state index contributed by atoms with van der Waals surface area (Å²) in [5, 5.41) is 3.71. The van der Waals surface area contributed by atoms with Gasteiger partial charge < -0.3 is 10.2 Å². The number of benzene rings is 1. The average Bonchev–Trinajstić information content (AvgIpc) is 2.43. The lowest BCUT2D eigenvalue weighted by atomic mass is 9.85. The van der Waals surface area contributed by atoms with E-state index in [2.05, 4.69) is 30.4 Å². The molecule has 2 rings (SSSR count). The van der Waals surface area contributed by atoms with Gasteiger partial charge in [-0.05, 0) is 30.4 Å². The molecular formula is C17H26N2O. The molecule has 1 fully saturated rings. The highest BCUT2D eigenvalue weighted by molar-refractivity contribution is 5.73. The molecule has 1 N–H and O–H groups in total. The van der Waals surface area contributed by atoms with Gasteiger partial charge in [-0.1, -0.05) is 38.0 Å². The first kappa shape index (κ1) is 14.9. The Morgan fingerprint density at radius 2 is 2.00 bits per heavy atom. The van der Waals surface area contributed by atoms with Crippen LogP contribution in [-0.4, -0.2) is 23.9 Å². The largest absolute Gasteiger partial charge is 0.382 e. The summed E-state index contributed by atoms with van der Waals surface area (Å²) in [5.74, 6) is 0.827. The monoisotopic (exact) mass is 274 g/mol. The Balaban J connectivity index is 2.09. The Bertz CT molecular complexity index is 458. The molecule has 2 unspecified atom stereocenters. The minimum absolute atomic E-state index is 0.103. The molecule has 0 aliphatic heterocycles. The van der Waals surface area contributed by atoms with Crippen molar-refractivity contribution in [2.45, 2.75) is 52.1 Å². The smallest absolute Gasteiger partial charge is 0.219 e. The summed E-state index contributed by atoms with van der Waals surface area (Å²) in [7, 11) is 1.85. The maximum atomic E-state index is 11.4. The predicted molar refractivity (Wildman–Crippen MR) is 83.6 cm³/mol. The number of amides is 1. The molecule has 0 aromatic heterocycles. The van der Waals surface area contributed by atoms with Crippen LogP contribution < -0.4 is 5.32 Å². The Morgan fingerprint density at radius 1 is 1.30 bits per heavy atom. The molecule has 0 saturated heterocycles. The van der Waals surface area contributed by atoms with Gasteiger partial charge in [0.25, 0.3) is 0 Å². The zero-order chi connectivity index (χ0) is 14.5. The highest BCUT2D eigenvalue weighted by atomic mass is 16.2. The van der Waals surface area contributed by atoms with Crippen molar-refractivity contribution >= 4 is 11.6 Å². The molecule has 0 heterocycles. The molecule has 0 bridgehead atoms. The molecule has 110 valence electrons. The van der Waals surface area contributed by atoms with Crippen molar-refractivity contribution in [2.24, 2.45) is 5.92 Å². The summed E-state index contributed by atoms with van der Waals surface area (Å²) in [6.45, 7) is 4.61. The fourth-order valence-corrected chi connectivity index (χ4v) is 2.90. The van der Waals surface area contributed by atoms with Crippen LogP contribution in [0.3, 0.4) is 0 Å². The molecular weight excluding hydrogens is 248 g/mol. The third kappa shape index (κ3) is 3.75. The number of nitrogens with zero attached hydrogens (tertiary/aromatic N) is 1. The number of hydrogen-bond donors (Lipinski definition) is 1. The number of rotatable bonds is 4. The Morgan fingerprint density at radius 3 is 2.70 bits per heavy atom. The summed E-state index contributed by atoms with van der Waals surface area (Å²) in [4.78, 5) is 13.2. The first-order chi connectivity index (χ1) is 9.58. The van der Waals surface area contributed by atoms with Gasteiger partial charge in [0, 0.05) is 32.2 Å². The maximum Gasteiger partial charge on any atom is 0.219 e. The van der Waals surface area contributed by atoms with Crippen LogP contribution in [0.15, 0.2) is 24.3 Å². The van der Waals surface area contributed by atoms with Crippen molar-refractivity contribution in [1.82, 2.24) is 4.90 Å². The number of nitrogens with one attached hydrogen (secondary N) is 1. The highest BCUT2D eigenvalue weighted by Gasteiger charge is 2.21. The molecule has 3 nitrogen and oxygen atoms in total. The first-order valence-electron chi connectivity index (χ1n) is 7.64. The lowest BCUT2D eigenvalue weighted by Gasteiger charge is -2.31. The van der Waals surface area contributed by atoms with Gasteiger partial charge in [0.2, 0.25) is 5.91 Å². The molecule has 3 heteroatoms. The summed E-state index contributed by atoms with van der Waals surface area (Å²) in [6, 6.07) is 8.90. The second kappa shape index (κ2) is 6.78. The van der Waals surface area contributed by atoms with Crippen molar-refractivity contribution in [3.63, 3.8) is 0 Å². The van der Waals surface area contributed by atoms with Crippen molar-refractivity contribution < 1.29 is 4.79 Å². The minimum atomic E-state index is 0.103. The van der Waals surface area contributed by atoms with Crippen LogP contribution in [0.4, 0.5) is 5.69 Å². The van der Waals surface area contributed by atoms with E-state index in [1.54, 1.807) is 11.8 Å². The number of hydrogen-bond acceptors (Lipinski definition) is 2. The standard InChI is InChI=1S/C17H26N2O/c1-13-8-4-6-10-16(13)18-17-11-7-5-9-15(17)12-19(3)14(2)20/h5,7,9,11,13,16,18H,4,6,8,10,12H2,1-3H3. The molecule has 1 aliphatic rings. The number of carbonyl (C=O) groups is 1. The van der Waals surface area contributed by atoms with E-state index in [1.165, 1.54) is 36.9 Å². The molecule has 2 atom stereocenters. The van der Waals surface area contributed by atoms with E-state index in [-0.39, 0.29) is 5.91 Å². The van der Waals surface area contributed by atoms with Crippen LogP contribution in [0.2, 0.25) is 0 Å². The van der Waals surface area contributed by atoms with Gasteiger partial charge in [-0.3, -0.25) is 4.79 Å². The molecule has 20 heavy (non-hydrogen) atoms. The number of anilines is 1. The molecule has 1 saturated carbocycles. The van der Waals surface area contributed by atoms with Crippen molar-refractivity contribution in [3.05, 3.63) is 29.8 Å². The number of para-hydroxylation sites is 1. The van der Waals surface area contributed by atoms with E-state index in [0.717, 1.165) is 5.92 Å². The van der Waals surface area contributed by atoms with Gasteiger partial charge in [-0.15, -0.1) is 0 Å². The van der Waals surface area contributed by atoms with Crippen molar-refractivity contribution in [1.29, 1.82) is 0 Å². The first-order valence-corrected chi connectivity index (χ1v) is 7.64. The van der Waals surface area contributed by atoms with Crippen LogP contribution in [0.5, 0.6) is 0 Å². The third-order valence-corrected chi connectivity index (χ3v) is 4.41. The molecule has 1 aromatic rings. The fraction of sp³-hybridized carbons (Fsp3) is 0.588. The van der Waals surface area contributed by atoms with Crippen molar-refractivity contribution in [2.75, 3.05) is 12.4 Å². The summed E-state index contributed by atoms with van der Waals surface area (Å²) >= 11 is 0. The Labute approximate surface area is 122 Å². The predicted octanol–water partition coefficient (Wildman–Crippen LogP) is 3.66. The second-order valence-electron chi connectivity index (χ2n) is 6.04. The normalized spacial score (nSPS) is 22.4. The van der Waals surface area contributed by atoms with Crippen LogP contribution in [0, 0.1) is 5.92 Å². The van der Waals surface area contributed by atoms with E-state index in [1.807, 2.05) is 13.1 Å². The van der Waals surface area contributed by atoms with E-state index in [9.17, 15) is 4.79 Å². The van der Waals surface area contributed by atoms with Gasteiger partial charge in [0.15, 0.2) is 0 Å². The summed E-state index contributed by atoms with van der Waals surface area (Å²) < 4.78 is 0. The summed E-state index contributed by atoms with van der Waals surface area (Å²) in [5.41, 5.74) is 2.38. The Kier molecular flexibility index (Phi) is 5.05. The fourth-order valence-electron chi connectivity index (χ4n) is 2.90. The van der Waals surface area contributed by atoms with E-state index >= 15 is 0 Å². The van der Waals surface area contributed by atoms with Crippen LogP contribution >= 0.6 is 0 Å². The van der Waals surface area contributed by atoms with Gasteiger partial charge >= 0.3 is 0 Å². The van der Waals surface area contributed by atoms with Crippen LogP contribution in [0.25, 0.3) is 0 Å². The molecule has 0 spiro atoms. The SMILES string of the molecule is CC(=O)N(C)Cc1ccccc1NC1CCCCC1C. The van der Waals surface area contributed by atoms with Crippen LogP contribution in [-0.2, 0) is 11.3 Å². The maximum absolute atomic E-state index is 11.4. The Hall–Kier alpha value is -1.51. The average molecular weight is 274 g/mol. The quantitative estimate of drug-likeness (QED) is 0.909. The lowest BCUT2D eigenvalue weighted by molar-refractivity contribution is -0.128. The van der Waals surface area contributed by atoms with Gasteiger partial charge in [0.1, 0.15) is 0 Å². The molecule has 1 aromatic carbocycles. The second-order valence-corrected chi connectivity index (χ2v) is 6.04. The zero-order valence-corrected chi connectivity index (χ0v) is 12.9. The van der Waals surface area contributed by atoms with Crippen molar-refractivity contribution in [3.8, 4) is 0 Å².